The third kappa shape index (κ3) is 3.47. The predicted molar refractivity (Wildman–Crippen MR) is 80.4 cm³/mol. The molecule has 0 spiro atoms. The van der Waals surface area contributed by atoms with Crippen LogP contribution in [0.3, 0.4) is 0 Å². The van der Waals surface area contributed by atoms with E-state index in [2.05, 4.69) is 4.72 Å². The number of anilines is 1. The van der Waals surface area contributed by atoms with Crippen LogP contribution in [0.2, 0.25) is 0 Å². The first kappa shape index (κ1) is 15.6. The first-order chi connectivity index (χ1) is 10.3. The maximum atomic E-state index is 12.3. The number of nitrogens with zero attached hydrogens (tertiary/aromatic N) is 1. The quantitative estimate of drug-likeness (QED) is 0.517. The molecule has 0 heterocycles. The largest absolute Gasteiger partial charge is 0.295 e. The molecule has 0 aliphatic carbocycles. The predicted octanol–water partition coefficient (Wildman–Crippen LogP) is 2.60. The van der Waals surface area contributed by atoms with Crippen LogP contribution in [0.5, 0.6) is 0 Å². The average Bonchev–Trinajstić information content (AvgIpc) is 2.47. The Morgan fingerprint density at radius 2 is 1.82 bits per heavy atom. The smallest absolute Gasteiger partial charge is 0.271 e. The zero-order valence-electron chi connectivity index (χ0n) is 11.5. The molecule has 7 nitrogen and oxygen atoms in total. The number of hydrogen-bond acceptors (Lipinski definition) is 5. The van der Waals surface area contributed by atoms with Crippen LogP contribution in [0, 0.1) is 10.1 Å². The summed E-state index contributed by atoms with van der Waals surface area (Å²) < 4.78 is 26.8. The van der Waals surface area contributed by atoms with Gasteiger partial charge in [0.25, 0.3) is 15.7 Å². The Kier molecular flexibility index (Phi) is 4.22. The number of carbonyl (C=O) groups is 1. The van der Waals surface area contributed by atoms with E-state index in [0.717, 1.165) is 6.07 Å². The fourth-order valence-corrected chi connectivity index (χ4v) is 2.87. The van der Waals surface area contributed by atoms with Crippen LogP contribution in [-0.2, 0) is 10.0 Å². The van der Waals surface area contributed by atoms with Crippen molar-refractivity contribution in [2.24, 2.45) is 0 Å². The molecule has 1 N–H and O–H groups in total. The molecule has 2 aromatic carbocycles. The Morgan fingerprint density at radius 1 is 1.14 bits per heavy atom. The van der Waals surface area contributed by atoms with E-state index in [0.29, 0.717) is 0 Å². The third-order valence-electron chi connectivity index (χ3n) is 2.86. The van der Waals surface area contributed by atoms with Crippen molar-refractivity contribution in [1.82, 2.24) is 0 Å². The molecule has 0 saturated heterocycles. The molecule has 22 heavy (non-hydrogen) atoms. The summed E-state index contributed by atoms with van der Waals surface area (Å²) in [6, 6.07) is 10.7. The molecule has 2 rings (SSSR count). The van der Waals surface area contributed by atoms with Gasteiger partial charge in [-0.1, -0.05) is 18.2 Å². The summed E-state index contributed by atoms with van der Waals surface area (Å²) >= 11 is 0. The minimum absolute atomic E-state index is 0.0717. The Bertz CT molecular complexity index is 846. The van der Waals surface area contributed by atoms with Gasteiger partial charge in [-0.2, -0.15) is 0 Å². The van der Waals surface area contributed by atoms with E-state index in [4.69, 9.17) is 0 Å². The minimum Gasteiger partial charge on any atom is -0.295 e. The highest BCUT2D eigenvalue weighted by atomic mass is 32.2. The van der Waals surface area contributed by atoms with E-state index in [9.17, 15) is 23.3 Å². The summed E-state index contributed by atoms with van der Waals surface area (Å²) in [5, 5.41) is 10.7. The lowest BCUT2D eigenvalue weighted by molar-refractivity contribution is -0.384. The van der Waals surface area contributed by atoms with Gasteiger partial charge in [-0.3, -0.25) is 19.6 Å². The number of nitrogens with one attached hydrogen (secondary N) is 1. The van der Waals surface area contributed by atoms with Gasteiger partial charge in [-0.05, 0) is 25.1 Å². The van der Waals surface area contributed by atoms with Crippen LogP contribution >= 0.6 is 0 Å². The normalized spacial score (nSPS) is 11.0. The van der Waals surface area contributed by atoms with Crippen molar-refractivity contribution >= 4 is 27.2 Å². The third-order valence-corrected chi connectivity index (χ3v) is 4.24. The van der Waals surface area contributed by atoms with Crippen molar-refractivity contribution in [1.29, 1.82) is 0 Å². The van der Waals surface area contributed by atoms with Gasteiger partial charge in [-0.25, -0.2) is 8.42 Å². The molecule has 0 amide bonds. The first-order valence-electron chi connectivity index (χ1n) is 6.18. The van der Waals surface area contributed by atoms with E-state index < -0.39 is 14.9 Å². The maximum Gasteiger partial charge on any atom is 0.271 e. The van der Waals surface area contributed by atoms with Gasteiger partial charge < -0.3 is 0 Å². The number of benzene rings is 2. The number of hydrogen-bond donors (Lipinski definition) is 1. The summed E-state index contributed by atoms with van der Waals surface area (Å²) in [6.45, 7) is 1.33. The Morgan fingerprint density at radius 3 is 2.45 bits per heavy atom. The summed E-state index contributed by atoms with van der Waals surface area (Å²) in [6.07, 6.45) is 0. The van der Waals surface area contributed by atoms with Crippen LogP contribution in [0.1, 0.15) is 17.3 Å². The van der Waals surface area contributed by atoms with E-state index in [1.54, 1.807) is 0 Å². The Labute approximate surface area is 126 Å². The molecule has 0 atom stereocenters. The fraction of sp³-hybridized carbons (Fsp3) is 0.0714. The number of rotatable bonds is 5. The number of nitro groups is 1. The topological polar surface area (TPSA) is 106 Å². The Balaban J connectivity index is 2.35. The average molecular weight is 320 g/mol. The molecule has 114 valence electrons. The number of carbonyl (C=O) groups excluding carboxylic acids is 1. The standard InChI is InChI=1S/C14H12N2O5S/c1-10(17)11-4-2-7-14(8-11)22(20,21)15-12-5-3-6-13(9-12)16(18)19/h2-9,15H,1H3. The number of non-ortho nitro benzene ring substituents is 1. The van der Waals surface area contributed by atoms with Crippen LogP contribution in [-0.4, -0.2) is 19.1 Å². The summed E-state index contributed by atoms with van der Waals surface area (Å²) in [7, 11) is -3.94. The van der Waals surface area contributed by atoms with E-state index >= 15 is 0 Å². The van der Waals surface area contributed by atoms with Gasteiger partial charge in [0.2, 0.25) is 0 Å². The molecule has 0 radical (unpaired) electrons. The highest BCUT2D eigenvalue weighted by Crippen LogP contribution is 2.21. The molecular weight excluding hydrogens is 308 g/mol. The van der Waals surface area contributed by atoms with Gasteiger partial charge in [0.15, 0.2) is 5.78 Å². The summed E-state index contributed by atoms with van der Waals surface area (Å²) in [4.78, 5) is 21.3. The molecule has 8 heteroatoms. The monoisotopic (exact) mass is 320 g/mol. The van der Waals surface area contributed by atoms with Gasteiger partial charge in [0.1, 0.15) is 0 Å². The second-order valence-corrected chi connectivity index (χ2v) is 6.18. The molecule has 0 aliphatic rings. The second kappa shape index (κ2) is 5.94. The molecular formula is C14H12N2O5S. The molecule has 0 aromatic heterocycles. The lowest BCUT2D eigenvalue weighted by atomic mass is 10.2. The number of Topliss-reactive ketones (excluding diaryl/α,β-unsaturated/α-hetero) is 1. The van der Waals surface area contributed by atoms with E-state index in [1.165, 1.54) is 49.4 Å². The molecule has 0 unspecified atom stereocenters. The molecule has 0 fully saturated rings. The van der Waals surface area contributed by atoms with Gasteiger partial charge in [0, 0.05) is 17.7 Å². The van der Waals surface area contributed by atoms with Crippen molar-refractivity contribution in [2.45, 2.75) is 11.8 Å². The van der Waals surface area contributed by atoms with Crippen molar-refractivity contribution in [2.75, 3.05) is 4.72 Å². The minimum atomic E-state index is -3.94. The lowest BCUT2D eigenvalue weighted by Crippen LogP contribution is -2.13. The summed E-state index contributed by atoms with van der Waals surface area (Å²) in [5.41, 5.74) is 0.113. The molecule has 0 bridgehead atoms. The van der Waals surface area contributed by atoms with Crippen molar-refractivity contribution < 1.29 is 18.1 Å². The van der Waals surface area contributed by atoms with Crippen LogP contribution < -0.4 is 4.72 Å². The van der Waals surface area contributed by atoms with Gasteiger partial charge in [0.05, 0.1) is 15.5 Å². The number of sulfonamides is 1. The molecule has 0 saturated carbocycles. The van der Waals surface area contributed by atoms with Crippen LogP contribution in [0.25, 0.3) is 0 Å². The van der Waals surface area contributed by atoms with Gasteiger partial charge >= 0.3 is 0 Å². The first-order valence-corrected chi connectivity index (χ1v) is 7.66. The van der Waals surface area contributed by atoms with Crippen molar-refractivity contribution in [3.05, 3.63) is 64.2 Å². The SMILES string of the molecule is CC(=O)c1cccc(S(=O)(=O)Nc2cccc([N+](=O)[O-])c2)c1. The maximum absolute atomic E-state index is 12.3. The fourth-order valence-electron chi connectivity index (χ4n) is 1.78. The Hall–Kier alpha value is -2.74. The number of nitro benzene ring substituents is 1. The number of ketones is 1. The van der Waals surface area contributed by atoms with Crippen molar-refractivity contribution in [3.63, 3.8) is 0 Å². The molecule has 2 aromatic rings. The highest BCUT2D eigenvalue weighted by molar-refractivity contribution is 7.92. The molecule has 0 aliphatic heterocycles. The van der Waals surface area contributed by atoms with E-state index in [-0.39, 0.29) is 27.6 Å². The summed E-state index contributed by atoms with van der Waals surface area (Å²) in [5.74, 6) is -0.257. The zero-order chi connectivity index (χ0) is 16.3. The van der Waals surface area contributed by atoms with E-state index in [1.807, 2.05) is 0 Å². The second-order valence-electron chi connectivity index (χ2n) is 4.50. The van der Waals surface area contributed by atoms with Gasteiger partial charge in [-0.15, -0.1) is 0 Å². The zero-order valence-corrected chi connectivity index (χ0v) is 12.3. The van der Waals surface area contributed by atoms with Crippen molar-refractivity contribution in [3.8, 4) is 0 Å². The van der Waals surface area contributed by atoms with Crippen LogP contribution in [0.4, 0.5) is 11.4 Å². The highest BCUT2D eigenvalue weighted by Gasteiger charge is 2.17. The lowest BCUT2D eigenvalue weighted by Gasteiger charge is -2.08. The van der Waals surface area contributed by atoms with Crippen LogP contribution in [0.15, 0.2) is 53.4 Å².